The van der Waals surface area contributed by atoms with Gasteiger partial charge in [-0.2, -0.15) is 0 Å². The van der Waals surface area contributed by atoms with Gasteiger partial charge in [-0.15, -0.1) is 0 Å². The number of carbonyl (C=O) groups is 2. The van der Waals surface area contributed by atoms with Gasteiger partial charge in [-0.1, -0.05) is 11.6 Å². The summed E-state index contributed by atoms with van der Waals surface area (Å²) in [7, 11) is 1.31. The fraction of sp³-hybridized carbons (Fsp3) is 0.467. The second-order valence-corrected chi connectivity index (χ2v) is 5.56. The zero-order chi connectivity index (χ0) is 15.2. The first-order chi connectivity index (χ1) is 10.1. The van der Waals surface area contributed by atoms with E-state index in [1.807, 2.05) is 0 Å². The van der Waals surface area contributed by atoms with Crippen molar-refractivity contribution in [3.8, 4) is 0 Å². The largest absolute Gasteiger partial charge is 0.465 e. The molecule has 0 radical (unpaired) electrons. The first kappa shape index (κ1) is 15.8. The van der Waals surface area contributed by atoms with Crippen molar-refractivity contribution in [3.05, 3.63) is 28.8 Å². The van der Waals surface area contributed by atoms with Crippen LogP contribution < -0.4 is 10.6 Å². The van der Waals surface area contributed by atoms with E-state index in [1.54, 1.807) is 12.1 Å². The van der Waals surface area contributed by atoms with E-state index in [0.29, 0.717) is 28.6 Å². The molecule has 1 unspecified atom stereocenters. The molecule has 5 nitrogen and oxygen atoms in total. The van der Waals surface area contributed by atoms with Crippen molar-refractivity contribution in [2.24, 2.45) is 5.92 Å². The average molecular weight is 311 g/mol. The normalized spacial score (nSPS) is 18.1. The van der Waals surface area contributed by atoms with Gasteiger partial charge in [-0.25, -0.2) is 4.79 Å². The topological polar surface area (TPSA) is 67.4 Å². The first-order valence-corrected chi connectivity index (χ1v) is 7.36. The van der Waals surface area contributed by atoms with Crippen LogP contribution in [-0.4, -0.2) is 32.1 Å². The highest BCUT2D eigenvalue weighted by Crippen LogP contribution is 2.24. The number of carbonyl (C=O) groups excluding carboxylic acids is 2. The molecule has 1 aromatic rings. The molecule has 0 saturated carbocycles. The number of anilines is 1. The number of methoxy groups -OCH3 is 1. The summed E-state index contributed by atoms with van der Waals surface area (Å²) in [5.74, 6) is -0.201. The lowest BCUT2D eigenvalue weighted by atomic mass is 9.96. The van der Waals surface area contributed by atoms with Crippen LogP contribution in [0, 0.1) is 5.92 Å². The Labute approximate surface area is 129 Å². The van der Waals surface area contributed by atoms with E-state index in [-0.39, 0.29) is 5.91 Å². The van der Waals surface area contributed by atoms with Gasteiger partial charge in [-0.3, -0.25) is 4.79 Å². The Kier molecular flexibility index (Phi) is 5.59. The maximum atomic E-state index is 12.1. The second-order valence-electron chi connectivity index (χ2n) is 5.15. The van der Waals surface area contributed by atoms with Crippen LogP contribution in [0.3, 0.4) is 0 Å². The molecule has 0 aromatic heterocycles. The molecular formula is C15H19ClN2O3. The zero-order valence-electron chi connectivity index (χ0n) is 11.9. The molecule has 1 fully saturated rings. The van der Waals surface area contributed by atoms with Gasteiger partial charge in [0.15, 0.2) is 0 Å². The Bertz CT molecular complexity index is 528. The van der Waals surface area contributed by atoms with Gasteiger partial charge >= 0.3 is 5.97 Å². The Hall–Kier alpha value is -1.59. The van der Waals surface area contributed by atoms with Crippen LogP contribution in [0.25, 0.3) is 0 Å². The molecule has 6 heteroatoms. The van der Waals surface area contributed by atoms with Crippen LogP contribution >= 0.6 is 11.6 Å². The molecule has 2 rings (SSSR count). The SMILES string of the molecule is COC(=O)c1ccc(Cl)c(NC(=O)CC2CCCNC2)c1. The number of hydrogen-bond acceptors (Lipinski definition) is 4. The smallest absolute Gasteiger partial charge is 0.337 e. The van der Waals surface area contributed by atoms with E-state index in [9.17, 15) is 9.59 Å². The van der Waals surface area contributed by atoms with Gasteiger partial charge in [0.05, 0.1) is 23.4 Å². The average Bonchev–Trinajstić information content (AvgIpc) is 2.49. The summed E-state index contributed by atoms with van der Waals surface area (Å²) in [5, 5.41) is 6.45. The van der Waals surface area contributed by atoms with E-state index in [2.05, 4.69) is 15.4 Å². The highest BCUT2D eigenvalue weighted by molar-refractivity contribution is 6.33. The highest BCUT2D eigenvalue weighted by Gasteiger charge is 2.18. The minimum Gasteiger partial charge on any atom is -0.465 e. The molecule has 0 spiro atoms. The summed E-state index contributed by atoms with van der Waals surface area (Å²) in [4.78, 5) is 23.6. The maximum Gasteiger partial charge on any atom is 0.337 e. The summed E-state index contributed by atoms with van der Waals surface area (Å²) in [5.41, 5.74) is 0.796. The summed E-state index contributed by atoms with van der Waals surface area (Å²) in [6.07, 6.45) is 2.60. The molecule has 2 N–H and O–H groups in total. The minimum atomic E-state index is -0.460. The minimum absolute atomic E-state index is 0.0902. The summed E-state index contributed by atoms with van der Waals surface area (Å²) in [6, 6.07) is 4.67. The van der Waals surface area contributed by atoms with Crippen molar-refractivity contribution in [2.45, 2.75) is 19.3 Å². The Morgan fingerprint density at radius 1 is 1.48 bits per heavy atom. The number of nitrogens with one attached hydrogen (secondary N) is 2. The molecule has 1 aliphatic rings. The van der Waals surface area contributed by atoms with E-state index in [4.69, 9.17) is 11.6 Å². The number of esters is 1. The van der Waals surface area contributed by atoms with Crippen molar-refractivity contribution in [1.82, 2.24) is 5.32 Å². The number of halogens is 1. The van der Waals surface area contributed by atoms with E-state index in [0.717, 1.165) is 25.9 Å². The molecule has 1 heterocycles. The van der Waals surface area contributed by atoms with E-state index >= 15 is 0 Å². The van der Waals surface area contributed by atoms with Crippen LogP contribution in [0.5, 0.6) is 0 Å². The van der Waals surface area contributed by atoms with Crippen LogP contribution in [0.2, 0.25) is 5.02 Å². The van der Waals surface area contributed by atoms with E-state index < -0.39 is 5.97 Å². The van der Waals surface area contributed by atoms with E-state index in [1.165, 1.54) is 13.2 Å². The lowest BCUT2D eigenvalue weighted by Gasteiger charge is -2.22. The first-order valence-electron chi connectivity index (χ1n) is 6.98. The molecule has 0 bridgehead atoms. The number of ether oxygens (including phenoxy) is 1. The third-order valence-electron chi connectivity index (χ3n) is 3.53. The van der Waals surface area contributed by atoms with Gasteiger partial charge in [0.1, 0.15) is 0 Å². The highest BCUT2D eigenvalue weighted by atomic mass is 35.5. The molecular weight excluding hydrogens is 292 g/mol. The number of hydrogen-bond donors (Lipinski definition) is 2. The maximum absolute atomic E-state index is 12.1. The predicted molar refractivity (Wildman–Crippen MR) is 81.6 cm³/mol. The summed E-state index contributed by atoms with van der Waals surface area (Å²) < 4.78 is 4.65. The molecule has 114 valence electrons. The number of piperidine rings is 1. The third-order valence-corrected chi connectivity index (χ3v) is 3.86. The van der Waals surface area contributed by atoms with Crippen molar-refractivity contribution in [1.29, 1.82) is 0 Å². The standard InChI is InChI=1S/C15H19ClN2O3/c1-21-15(20)11-4-5-12(16)13(8-11)18-14(19)7-10-3-2-6-17-9-10/h4-5,8,10,17H,2-3,6-7,9H2,1H3,(H,18,19). The Balaban J connectivity index is 2.00. The summed E-state index contributed by atoms with van der Waals surface area (Å²) in [6.45, 7) is 1.88. The third kappa shape index (κ3) is 4.44. The number of benzene rings is 1. The van der Waals surface area contributed by atoms with Crippen LogP contribution in [0.1, 0.15) is 29.6 Å². The molecule has 1 saturated heterocycles. The molecule has 1 aliphatic heterocycles. The quantitative estimate of drug-likeness (QED) is 0.838. The van der Waals surface area contributed by atoms with Crippen LogP contribution in [0.4, 0.5) is 5.69 Å². The second kappa shape index (κ2) is 7.43. The van der Waals surface area contributed by atoms with Gasteiger partial charge in [0.25, 0.3) is 0 Å². The molecule has 21 heavy (non-hydrogen) atoms. The van der Waals surface area contributed by atoms with Crippen molar-refractivity contribution < 1.29 is 14.3 Å². The lowest BCUT2D eigenvalue weighted by Crippen LogP contribution is -2.32. The van der Waals surface area contributed by atoms with Gasteiger partial charge in [0, 0.05) is 6.42 Å². The molecule has 1 atom stereocenters. The molecule has 1 aromatic carbocycles. The van der Waals surface area contributed by atoms with Gasteiger partial charge in [-0.05, 0) is 50.0 Å². The van der Waals surface area contributed by atoms with Crippen LogP contribution in [-0.2, 0) is 9.53 Å². The van der Waals surface area contributed by atoms with Crippen molar-refractivity contribution in [3.63, 3.8) is 0 Å². The molecule has 1 amide bonds. The van der Waals surface area contributed by atoms with Gasteiger partial charge in [0.2, 0.25) is 5.91 Å². The van der Waals surface area contributed by atoms with Gasteiger partial charge < -0.3 is 15.4 Å². The zero-order valence-corrected chi connectivity index (χ0v) is 12.7. The monoisotopic (exact) mass is 310 g/mol. The fourth-order valence-electron chi connectivity index (χ4n) is 2.43. The van der Waals surface area contributed by atoms with Crippen LogP contribution in [0.15, 0.2) is 18.2 Å². The fourth-order valence-corrected chi connectivity index (χ4v) is 2.59. The van der Waals surface area contributed by atoms with Crippen molar-refractivity contribution in [2.75, 3.05) is 25.5 Å². The predicted octanol–water partition coefficient (Wildman–Crippen LogP) is 2.45. The van der Waals surface area contributed by atoms with Crippen molar-refractivity contribution >= 4 is 29.2 Å². The summed E-state index contributed by atoms with van der Waals surface area (Å²) >= 11 is 6.05. The lowest BCUT2D eigenvalue weighted by molar-refractivity contribution is -0.117. The number of amides is 1. The molecule has 0 aliphatic carbocycles. The number of rotatable bonds is 4. The Morgan fingerprint density at radius 3 is 2.95 bits per heavy atom. The Morgan fingerprint density at radius 2 is 2.29 bits per heavy atom.